The number of ketones is 1. The summed E-state index contributed by atoms with van der Waals surface area (Å²) in [6.45, 7) is -0.233. The molecule has 0 unspecified atom stereocenters. The van der Waals surface area contributed by atoms with Gasteiger partial charge in [-0.15, -0.1) is 11.3 Å². The Labute approximate surface area is 184 Å². The highest BCUT2D eigenvalue weighted by molar-refractivity contribution is 7.17. The molecule has 1 amide bonds. The normalized spacial score (nSPS) is 12.9. The highest BCUT2D eigenvalue weighted by atomic mass is 35.5. The van der Waals surface area contributed by atoms with Crippen molar-refractivity contribution in [2.45, 2.75) is 6.54 Å². The van der Waals surface area contributed by atoms with Gasteiger partial charge in [0.2, 0.25) is 0 Å². The topological polar surface area (TPSA) is 90.3 Å². The number of carbonyl (C=O) groups is 2. The fourth-order valence-corrected chi connectivity index (χ4v) is 4.46. The molecule has 31 heavy (non-hydrogen) atoms. The van der Waals surface area contributed by atoms with Crippen molar-refractivity contribution in [2.75, 3.05) is 11.9 Å². The van der Waals surface area contributed by atoms with Crippen LogP contribution in [-0.4, -0.2) is 27.8 Å². The van der Waals surface area contributed by atoms with Gasteiger partial charge < -0.3 is 10.1 Å². The smallest absolute Gasteiger partial charge is 0.263 e. The Morgan fingerprint density at radius 3 is 2.81 bits per heavy atom. The van der Waals surface area contributed by atoms with E-state index >= 15 is 0 Å². The van der Waals surface area contributed by atoms with E-state index in [1.54, 1.807) is 30.3 Å². The zero-order valence-electron chi connectivity index (χ0n) is 15.9. The second-order valence-electron chi connectivity index (χ2n) is 6.99. The molecule has 1 aliphatic heterocycles. The number of halogens is 1. The summed E-state index contributed by atoms with van der Waals surface area (Å²) in [4.78, 5) is 42.5. The molecule has 4 aromatic rings. The van der Waals surface area contributed by atoms with Crippen molar-refractivity contribution in [1.29, 1.82) is 0 Å². The molecule has 0 spiro atoms. The van der Waals surface area contributed by atoms with Gasteiger partial charge in [-0.3, -0.25) is 19.0 Å². The second kappa shape index (κ2) is 7.64. The van der Waals surface area contributed by atoms with Gasteiger partial charge in [0.25, 0.3) is 11.5 Å². The van der Waals surface area contributed by atoms with Gasteiger partial charge >= 0.3 is 0 Å². The SMILES string of the molecule is O=C1COc2ccc(C(=O)Cn3cnc4scc(-c5ccc(Cl)cc5)c4c3=O)cc2N1. The summed E-state index contributed by atoms with van der Waals surface area (Å²) >= 11 is 7.34. The van der Waals surface area contributed by atoms with Crippen LogP contribution in [0.15, 0.2) is 59.0 Å². The summed E-state index contributed by atoms with van der Waals surface area (Å²) in [5, 5.41) is 5.63. The minimum Gasteiger partial charge on any atom is -0.482 e. The Kier molecular flexibility index (Phi) is 4.80. The van der Waals surface area contributed by atoms with Crippen molar-refractivity contribution in [2.24, 2.45) is 0 Å². The summed E-state index contributed by atoms with van der Waals surface area (Å²) in [5.41, 5.74) is 2.11. The molecule has 1 N–H and O–H groups in total. The lowest BCUT2D eigenvalue weighted by Crippen LogP contribution is -2.26. The van der Waals surface area contributed by atoms with Crippen LogP contribution in [0, 0.1) is 0 Å². The van der Waals surface area contributed by atoms with Crippen molar-refractivity contribution >= 4 is 50.5 Å². The van der Waals surface area contributed by atoms with Gasteiger partial charge in [-0.2, -0.15) is 0 Å². The average molecular weight is 452 g/mol. The standard InChI is InChI=1S/C22H14ClN3O4S/c23-14-4-1-12(2-5-14)15-10-31-21-20(15)22(29)26(11-24-21)8-17(27)13-3-6-18-16(7-13)25-19(28)9-30-18/h1-7,10-11H,8-9H2,(H,25,28). The quantitative estimate of drug-likeness (QED) is 0.474. The number of hydrogen-bond acceptors (Lipinski definition) is 6. The fraction of sp³-hybridized carbons (Fsp3) is 0.0909. The number of ether oxygens (including phenoxy) is 1. The number of aromatic nitrogens is 2. The van der Waals surface area contributed by atoms with Gasteiger partial charge in [-0.05, 0) is 35.9 Å². The van der Waals surface area contributed by atoms with E-state index in [2.05, 4.69) is 10.3 Å². The predicted molar refractivity (Wildman–Crippen MR) is 119 cm³/mol. The number of carbonyl (C=O) groups excluding carboxylic acids is 2. The third kappa shape index (κ3) is 3.60. The molecule has 1 aliphatic rings. The first kappa shape index (κ1) is 19.5. The van der Waals surface area contributed by atoms with E-state index in [9.17, 15) is 14.4 Å². The van der Waals surface area contributed by atoms with Gasteiger partial charge in [0, 0.05) is 21.5 Å². The Bertz CT molecular complexity index is 1410. The third-order valence-electron chi connectivity index (χ3n) is 4.96. The number of hydrogen-bond donors (Lipinski definition) is 1. The molecule has 2 aromatic carbocycles. The molecule has 0 fully saturated rings. The zero-order chi connectivity index (χ0) is 21.5. The Morgan fingerprint density at radius 1 is 1.19 bits per heavy atom. The largest absolute Gasteiger partial charge is 0.482 e. The van der Waals surface area contributed by atoms with Crippen molar-refractivity contribution < 1.29 is 14.3 Å². The van der Waals surface area contributed by atoms with E-state index in [4.69, 9.17) is 16.3 Å². The summed E-state index contributed by atoms with van der Waals surface area (Å²) in [5.74, 6) is -0.0633. The van der Waals surface area contributed by atoms with Crippen LogP contribution in [-0.2, 0) is 11.3 Å². The lowest BCUT2D eigenvalue weighted by molar-refractivity contribution is -0.118. The molecule has 154 valence electrons. The first-order valence-electron chi connectivity index (χ1n) is 9.32. The van der Waals surface area contributed by atoms with Crippen LogP contribution >= 0.6 is 22.9 Å². The summed E-state index contributed by atoms with van der Waals surface area (Å²) in [6, 6.07) is 12.0. The number of anilines is 1. The van der Waals surface area contributed by atoms with Gasteiger partial charge in [0.1, 0.15) is 10.6 Å². The molecular weight excluding hydrogens is 438 g/mol. The lowest BCUT2D eigenvalue weighted by atomic mass is 10.1. The van der Waals surface area contributed by atoms with Gasteiger partial charge in [0.05, 0.1) is 23.9 Å². The second-order valence-corrected chi connectivity index (χ2v) is 8.28. The minimum absolute atomic E-state index is 0.0576. The predicted octanol–water partition coefficient (Wildman–Crippen LogP) is 3.99. The molecule has 7 nitrogen and oxygen atoms in total. The average Bonchev–Trinajstić information content (AvgIpc) is 3.20. The van der Waals surface area contributed by atoms with Gasteiger partial charge in [0.15, 0.2) is 12.4 Å². The van der Waals surface area contributed by atoms with Crippen molar-refractivity contribution in [3.8, 4) is 16.9 Å². The number of Topliss-reactive ketones (excluding diaryl/α,β-unsaturated/α-hetero) is 1. The number of nitrogens with one attached hydrogen (secondary N) is 1. The molecule has 5 rings (SSSR count). The molecule has 0 saturated carbocycles. The number of benzene rings is 2. The van der Waals surface area contributed by atoms with E-state index in [0.717, 1.165) is 11.1 Å². The molecule has 0 radical (unpaired) electrons. The number of rotatable bonds is 4. The van der Waals surface area contributed by atoms with Crippen LogP contribution in [0.1, 0.15) is 10.4 Å². The summed E-state index contributed by atoms with van der Waals surface area (Å²) in [6.07, 6.45) is 1.38. The number of nitrogens with zero attached hydrogens (tertiary/aromatic N) is 2. The van der Waals surface area contributed by atoms with Crippen LogP contribution in [0.2, 0.25) is 5.02 Å². The maximum atomic E-state index is 13.2. The van der Waals surface area contributed by atoms with Crippen LogP contribution in [0.3, 0.4) is 0 Å². The molecule has 2 aromatic heterocycles. The molecule has 3 heterocycles. The Hall–Kier alpha value is -3.49. The fourth-order valence-electron chi connectivity index (χ4n) is 3.42. The summed E-state index contributed by atoms with van der Waals surface area (Å²) < 4.78 is 6.61. The van der Waals surface area contributed by atoms with E-state index in [-0.39, 0.29) is 30.4 Å². The minimum atomic E-state index is -0.292. The highest BCUT2D eigenvalue weighted by Gasteiger charge is 2.19. The number of fused-ring (bicyclic) bond motifs is 2. The monoisotopic (exact) mass is 451 g/mol. The van der Waals surface area contributed by atoms with Gasteiger partial charge in [-0.1, -0.05) is 23.7 Å². The van der Waals surface area contributed by atoms with Crippen molar-refractivity contribution in [3.05, 3.63) is 75.1 Å². The first-order chi connectivity index (χ1) is 15.0. The lowest BCUT2D eigenvalue weighted by Gasteiger charge is -2.18. The van der Waals surface area contributed by atoms with Crippen molar-refractivity contribution in [3.63, 3.8) is 0 Å². The maximum Gasteiger partial charge on any atom is 0.263 e. The number of amides is 1. The number of thiophene rings is 1. The van der Waals surface area contributed by atoms with E-state index in [1.807, 2.05) is 17.5 Å². The molecule has 0 atom stereocenters. The van der Waals surface area contributed by atoms with Crippen molar-refractivity contribution in [1.82, 2.24) is 9.55 Å². The van der Waals surface area contributed by atoms with E-state index in [1.165, 1.54) is 22.2 Å². The Morgan fingerprint density at radius 2 is 2.00 bits per heavy atom. The molecule has 0 saturated heterocycles. The van der Waals surface area contributed by atoms with Crippen LogP contribution in [0.4, 0.5) is 5.69 Å². The highest BCUT2D eigenvalue weighted by Crippen LogP contribution is 2.31. The third-order valence-corrected chi connectivity index (χ3v) is 6.10. The Balaban J connectivity index is 1.49. The molecule has 0 aliphatic carbocycles. The molecule has 9 heteroatoms. The van der Waals surface area contributed by atoms with E-state index in [0.29, 0.717) is 32.2 Å². The maximum absolute atomic E-state index is 13.2. The summed E-state index contributed by atoms with van der Waals surface area (Å²) in [7, 11) is 0. The van der Waals surface area contributed by atoms with Crippen LogP contribution in [0.5, 0.6) is 5.75 Å². The zero-order valence-corrected chi connectivity index (χ0v) is 17.5. The van der Waals surface area contributed by atoms with Gasteiger partial charge in [-0.25, -0.2) is 4.98 Å². The van der Waals surface area contributed by atoms with E-state index < -0.39 is 0 Å². The first-order valence-corrected chi connectivity index (χ1v) is 10.6. The van der Waals surface area contributed by atoms with Crippen LogP contribution < -0.4 is 15.6 Å². The molecular formula is C22H14ClN3O4S. The van der Waals surface area contributed by atoms with Crippen LogP contribution in [0.25, 0.3) is 21.3 Å². The molecule has 0 bridgehead atoms.